The zero-order valence-electron chi connectivity index (χ0n) is 18.0. The Kier molecular flexibility index (Phi) is 7.19. The number of anilines is 1. The van der Waals surface area contributed by atoms with Gasteiger partial charge in [0.2, 0.25) is 10.0 Å². The number of hydrogen-bond acceptors (Lipinski definition) is 7. The number of hydrogen-bond donors (Lipinski definition) is 1. The molecule has 8 nitrogen and oxygen atoms in total. The second-order valence-corrected chi connectivity index (χ2v) is 9.60. The van der Waals surface area contributed by atoms with Crippen LogP contribution >= 0.6 is 0 Å². The van der Waals surface area contributed by atoms with Gasteiger partial charge in [-0.25, -0.2) is 18.4 Å². The first kappa shape index (κ1) is 24.2. The highest BCUT2D eigenvalue weighted by atomic mass is 32.2. The molecular weight excluding hydrogens is 473 g/mol. The quantitative estimate of drug-likeness (QED) is 0.641. The number of halogens is 3. The van der Waals surface area contributed by atoms with Crippen LogP contribution in [0.3, 0.4) is 0 Å². The first-order valence-corrected chi connectivity index (χ1v) is 12.0. The molecule has 1 fully saturated rings. The van der Waals surface area contributed by atoms with Gasteiger partial charge in [0.05, 0.1) is 23.8 Å². The number of nitrogens with zero attached hydrogens (tertiary/aromatic N) is 3. The molecule has 0 amide bonds. The summed E-state index contributed by atoms with van der Waals surface area (Å²) in [6.45, 7) is 1.44. The SMILES string of the molecule is O=S(=O)(C1=CCC(c2cc(NC3=CCC=C(OC(F)(F)F)C=C3)ncn2)C=C1)N1CCOCC1. The summed E-state index contributed by atoms with van der Waals surface area (Å²) in [7, 11) is -3.56. The fourth-order valence-electron chi connectivity index (χ4n) is 3.65. The molecule has 2 aliphatic carbocycles. The number of aromatic nitrogens is 2. The molecule has 2 heterocycles. The summed E-state index contributed by atoms with van der Waals surface area (Å²) in [6, 6.07) is 1.73. The summed E-state index contributed by atoms with van der Waals surface area (Å²) in [6.07, 6.45) is 8.15. The molecule has 12 heteroatoms. The maximum absolute atomic E-state index is 12.8. The summed E-state index contributed by atoms with van der Waals surface area (Å²) < 4.78 is 73.5. The van der Waals surface area contributed by atoms with Crippen molar-refractivity contribution in [2.24, 2.45) is 0 Å². The normalized spacial score (nSPS) is 21.9. The van der Waals surface area contributed by atoms with Crippen LogP contribution in [0.4, 0.5) is 19.0 Å². The Labute approximate surface area is 195 Å². The molecule has 3 aliphatic rings. The molecule has 182 valence electrons. The summed E-state index contributed by atoms with van der Waals surface area (Å²) in [5.41, 5.74) is 1.24. The molecule has 0 saturated carbocycles. The van der Waals surface area contributed by atoms with Gasteiger partial charge in [0.1, 0.15) is 17.9 Å². The van der Waals surface area contributed by atoms with E-state index in [4.69, 9.17) is 4.74 Å². The highest BCUT2D eigenvalue weighted by molar-refractivity contribution is 7.93. The largest absolute Gasteiger partial charge is 0.573 e. The van der Waals surface area contributed by atoms with Gasteiger partial charge in [0.15, 0.2) is 0 Å². The van der Waals surface area contributed by atoms with Crippen molar-refractivity contribution in [1.29, 1.82) is 0 Å². The Hall–Kier alpha value is -2.96. The van der Waals surface area contributed by atoms with Crippen molar-refractivity contribution in [3.63, 3.8) is 0 Å². The Bertz CT molecular complexity index is 1170. The topological polar surface area (TPSA) is 93.7 Å². The standard InChI is InChI=1S/C22H23F3N4O4S/c23-22(24,25)33-18-3-1-2-17(6-7-18)28-21-14-20(26-15-27-21)16-4-8-19(9-5-16)34(30,31)29-10-12-32-13-11-29/h2-4,6-9,14-16H,1,5,10-13H2,(H,26,27,28). The molecule has 1 N–H and O–H groups in total. The molecule has 1 aromatic rings. The molecule has 1 aliphatic heterocycles. The average Bonchev–Trinajstić information content (AvgIpc) is 3.03. The van der Waals surface area contributed by atoms with E-state index in [9.17, 15) is 21.6 Å². The van der Waals surface area contributed by atoms with Crippen molar-refractivity contribution in [2.75, 3.05) is 31.6 Å². The van der Waals surface area contributed by atoms with Crippen LogP contribution in [0.5, 0.6) is 0 Å². The Morgan fingerprint density at radius 2 is 1.88 bits per heavy atom. The van der Waals surface area contributed by atoms with E-state index in [1.54, 1.807) is 30.4 Å². The fraction of sp³-hybridized carbons (Fsp3) is 0.364. The second-order valence-electron chi connectivity index (χ2n) is 7.66. The molecule has 0 spiro atoms. The number of ether oxygens (including phenoxy) is 2. The molecule has 34 heavy (non-hydrogen) atoms. The van der Waals surface area contributed by atoms with Crippen molar-refractivity contribution in [3.8, 4) is 0 Å². The van der Waals surface area contributed by atoms with E-state index >= 15 is 0 Å². The number of sulfonamides is 1. The van der Waals surface area contributed by atoms with Crippen molar-refractivity contribution in [3.05, 3.63) is 77.0 Å². The van der Waals surface area contributed by atoms with Gasteiger partial charge >= 0.3 is 6.36 Å². The van der Waals surface area contributed by atoms with Crippen LogP contribution in [0.25, 0.3) is 0 Å². The fourth-order valence-corrected chi connectivity index (χ4v) is 5.14. The first-order valence-electron chi connectivity index (χ1n) is 10.6. The van der Waals surface area contributed by atoms with Gasteiger partial charge in [-0.2, -0.15) is 4.31 Å². The van der Waals surface area contributed by atoms with E-state index in [0.29, 0.717) is 49.9 Å². The van der Waals surface area contributed by atoms with E-state index in [2.05, 4.69) is 20.0 Å². The van der Waals surface area contributed by atoms with Gasteiger partial charge in [0, 0.05) is 30.8 Å². The lowest BCUT2D eigenvalue weighted by molar-refractivity contribution is -0.303. The molecule has 0 bridgehead atoms. The van der Waals surface area contributed by atoms with Gasteiger partial charge in [0.25, 0.3) is 0 Å². The van der Waals surface area contributed by atoms with Crippen molar-refractivity contribution in [1.82, 2.24) is 14.3 Å². The molecule has 1 aromatic heterocycles. The smallest absolute Gasteiger partial charge is 0.406 e. The minimum Gasteiger partial charge on any atom is -0.406 e. The number of alkyl halides is 3. The predicted molar refractivity (Wildman–Crippen MR) is 119 cm³/mol. The summed E-state index contributed by atoms with van der Waals surface area (Å²) in [4.78, 5) is 8.74. The van der Waals surface area contributed by atoms with E-state index in [1.807, 2.05) is 0 Å². The van der Waals surface area contributed by atoms with Crippen LogP contribution in [-0.2, 0) is 19.5 Å². The number of morpholine rings is 1. The molecule has 1 unspecified atom stereocenters. The lowest BCUT2D eigenvalue weighted by Crippen LogP contribution is -2.41. The molecule has 0 aromatic carbocycles. The lowest BCUT2D eigenvalue weighted by Gasteiger charge is -2.27. The van der Waals surface area contributed by atoms with Crippen molar-refractivity contribution >= 4 is 15.8 Å². The molecular formula is C22H23F3N4O4S. The van der Waals surface area contributed by atoms with Crippen molar-refractivity contribution < 1.29 is 31.1 Å². The average molecular weight is 497 g/mol. The van der Waals surface area contributed by atoms with Crippen LogP contribution in [0.1, 0.15) is 24.5 Å². The van der Waals surface area contributed by atoms with E-state index in [-0.39, 0.29) is 23.0 Å². The second kappa shape index (κ2) is 10.1. The zero-order chi connectivity index (χ0) is 24.2. The van der Waals surface area contributed by atoms with Crippen LogP contribution in [0.15, 0.2) is 71.3 Å². The van der Waals surface area contributed by atoms with E-state index < -0.39 is 16.4 Å². The predicted octanol–water partition coefficient (Wildman–Crippen LogP) is 3.74. The highest BCUT2D eigenvalue weighted by Crippen LogP contribution is 2.30. The Morgan fingerprint density at radius 3 is 2.59 bits per heavy atom. The summed E-state index contributed by atoms with van der Waals surface area (Å²) >= 11 is 0. The third-order valence-electron chi connectivity index (χ3n) is 5.33. The van der Waals surface area contributed by atoms with Crippen LogP contribution in [-0.4, -0.2) is 55.4 Å². The van der Waals surface area contributed by atoms with Crippen LogP contribution in [0, 0.1) is 0 Å². The van der Waals surface area contributed by atoms with Gasteiger partial charge in [-0.3, -0.25) is 0 Å². The molecule has 1 atom stereocenters. The van der Waals surface area contributed by atoms with Crippen molar-refractivity contribution in [2.45, 2.75) is 25.1 Å². The monoisotopic (exact) mass is 496 g/mol. The van der Waals surface area contributed by atoms with Gasteiger partial charge < -0.3 is 14.8 Å². The molecule has 1 saturated heterocycles. The summed E-state index contributed by atoms with van der Waals surface area (Å²) in [5.74, 6) is 0.0374. The number of nitrogens with one attached hydrogen (secondary N) is 1. The zero-order valence-corrected chi connectivity index (χ0v) is 18.8. The van der Waals surface area contributed by atoms with Crippen LogP contribution in [0.2, 0.25) is 0 Å². The maximum Gasteiger partial charge on any atom is 0.573 e. The molecule has 0 radical (unpaired) electrons. The number of rotatable bonds is 6. The Balaban J connectivity index is 1.40. The van der Waals surface area contributed by atoms with Crippen LogP contribution < -0.4 is 5.32 Å². The maximum atomic E-state index is 12.8. The lowest BCUT2D eigenvalue weighted by atomic mass is 9.97. The first-order chi connectivity index (χ1) is 16.2. The third kappa shape index (κ3) is 6.13. The van der Waals surface area contributed by atoms with Gasteiger partial charge in [-0.05, 0) is 37.1 Å². The Morgan fingerprint density at radius 1 is 1.09 bits per heavy atom. The third-order valence-corrected chi connectivity index (χ3v) is 7.28. The minimum atomic E-state index is -4.75. The van der Waals surface area contributed by atoms with E-state index in [0.717, 1.165) is 0 Å². The van der Waals surface area contributed by atoms with E-state index in [1.165, 1.54) is 28.9 Å². The van der Waals surface area contributed by atoms with Gasteiger partial charge in [-0.1, -0.05) is 18.2 Å². The minimum absolute atomic E-state index is 0.140. The van der Waals surface area contributed by atoms with Gasteiger partial charge in [-0.15, -0.1) is 13.2 Å². The molecule has 4 rings (SSSR count). The summed E-state index contributed by atoms with van der Waals surface area (Å²) in [5, 5.41) is 3.06. The number of allylic oxidation sites excluding steroid dienone is 7. The highest BCUT2D eigenvalue weighted by Gasteiger charge is 2.31.